The highest BCUT2D eigenvalue weighted by molar-refractivity contribution is 6.02. The van der Waals surface area contributed by atoms with E-state index in [0.29, 0.717) is 17.7 Å². The van der Waals surface area contributed by atoms with Crippen molar-refractivity contribution in [1.29, 1.82) is 0 Å². The fourth-order valence-corrected chi connectivity index (χ4v) is 1.85. The molecule has 0 aliphatic heterocycles. The lowest BCUT2D eigenvalue weighted by Gasteiger charge is -2.15. The summed E-state index contributed by atoms with van der Waals surface area (Å²) in [6.07, 6.45) is 2.47. The molecule has 0 unspecified atom stereocenters. The summed E-state index contributed by atoms with van der Waals surface area (Å²) in [5.41, 5.74) is 2.30. The second-order valence-electron chi connectivity index (χ2n) is 3.50. The first-order chi connectivity index (χ1) is 7.22. The maximum absolute atomic E-state index is 10.6. The first kappa shape index (κ1) is 9.64. The van der Waals surface area contributed by atoms with Crippen LogP contribution in [0.3, 0.4) is 0 Å². The van der Waals surface area contributed by atoms with E-state index in [0.717, 1.165) is 18.4 Å². The fraction of sp³-hybridized carbons (Fsp3) is 0.300. The standard InChI is InChI=1S/C10H10N2O3/c13-11-10-3-1-2-7-4-5-8(12(14)15)6-9(7)10/h4-6,13H,1-3H2/b11-10+. The molecule has 78 valence electrons. The lowest BCUT2D eigenvalue weighted by atomic mass is 9.90. The molecule has 1 aromatic rings. The van der Waals surface area contributed by atoms with Crippen molar-refractivity contribution in [3.05, 3.63) is 39.4 Å². The Morgan fingerprint density at radius 2 is 2.20 bits per heavy atom. The van der Waals surface area contributed by atoms with Crippen molar-refractivity contribution < 1.29 is 10.1 Å². The van der Waals surface area contributed by atoms with Crippen LogP contribution in [0.1, 0.15) is 24.0 Å². The van der Waals surface area contributed by atoms with Crippen LogP contribution in [0.25, 0.3) is 0 Å². The number of rotatable bonds is 1. The highest BCUT2D eigenvalue weighted by atomic mass is 16.6. The van der Waals surface area contributed by atoms with Gasteiger partial charge >= 0.3 is 0 Å². The molecule has 1 aliphatic rings. The van der Waals surface area contributed by atoms with E-state index in [9.17, 15) is 10.1 Å². The molecule has 15 heavy (non-hydrogen) atoms. The van der Waals surface area contributed by atoms with Crippen molar-refractivity contribution in [1.82, 2.24) is 0 Å². The van der Waals surface area contributed by atoms with Gasteiger partial charge in [0.05, 0.1) is 10.6 Å². The zero-order valence-corrected chi connectivity index (χ0v) is 8.01. The number of nitro benzene ring substituents is 1. The van der Waals surface area contributed by atoms with E-state index in [1.165, 1.54) is 12.1 Å². The Balaban J connectivity index is 2.53. The number of hydrogen-bond acceptors (Lipinski definition) is 4. The van der Waals surface area contributed by atoms with Crippen molar-refractivity contribution in [2.45, 2.75) is 19.3 Å². The van der Waals surface area contributed by atoms with Crippen LogP contribution in [0.15, 0.2) is 23.4 Å². The number of aryl methyl sites for hydroxylation is 1. The van der Waals surface area contributed by atoms with Crippen LogP contribution in [-0.4, -0.2) is 15.8 Å². The van der Waals surface area contributed by atoms with Gasteiger partial charge in [0.25, 0.3) is 5.69 Å². The van der Waals surface area contributed by atoms with Crippen LogP contribution >= 0.6 is 0 Å². The summed E-state index contributed by atoms with van der Waals surface area (Å²) in [5, 5.41) is 22.6. The van der Waals surface area contributed by atoms with Crippen molar-refractivity contribution in [2.75, 3.05) is 0 Å². The smallest absolute Gasteiger partial charge is 0.270 e. The molecule has 0 radical (unpaired) electrons. The molecule has 0 atom stereocenters. The topological polar surface area (TPSA) is 75.7 Å². The molecule has 5 heteroatoms. The largest absolute Gasteiger partial charge is 0.411 e. The van der Waals surface area contributed by atoms with Gasteiger partial charge in [-0.1, -0.05) is 11.2 Å². The molecule has 0 amide bonds. The Bertz CT molecular complexity index is 440. The minimum Gasteiger partial charge on any atom is -0.411 e. The second-order valence-corrected chi connectivity index (χ2v) is 3.50. The molecule has 0 spiro atoms. The van der Waals surface area contributed by atoms with Gasteiger partial charge in [0, 0.05) is 17.7 Å². The summed E-state index contributed by atoms with van der Waals surface area (Å²) in [7, 11) is 0. The van der Waals surface area contributed by atoms with Crippen LogP contribution in [0.5, 0.6) is 0 Å². The average Bonchev–Trinajstić information content (AvgIpc) is 2.27. The third kappa shape index (κ3) is 1.68. The molecule has 0 saturated heterocycles. The predicted molar refractivity (Wildman–Crippen MR) is 54.4 cm³/mol. The van der Waals surface area contributed by atoms with Gasteiger partial charge in [0.15, 0.2) is 0 Å². The molecular weight excluding hydrogens is 196 g/mol. The van der Waals surface area contributed by atoms with Gasteiger partial charge in [-0.25, -0.2) is 0 Å². The van der Waals surface area contributed by atoms with Gasteiger partial charge in [-0.15, -0.1) is 0 Å². The molecule has 2 rings (SSSR count). The Morgan fingerprint density at radius 1 is 1.40 bits per heavy atom. The maximum Gasteiger partial charge on any atom is 0.270 e. The van der Waals surface area contributed by atoms with Crippen LogP contribution in [0.2, 0.25) is 0 Å². The summed E-state index contributed by atoms with van der Waals surface area (Å²) in [4.78, 5) is 10.1. The van der Waals surface area contributed by atoms with Crippen molar-refractivity contribution >= 4 is 11.4 Å². The van der Waals surface area contributed by atoms with Crippen LogP contribution in [0.4, 0.5) is 5.69 Å². The number of hydrogen-bond donors (Lipinski definition) is 1. The summed E-state index contributed by atoms with van der Waals surface area (Å²) in [5.74, 6) is 0. The van der Waals surface area contributed by atoms with E-state index < -0.39 is 4.92 Å². The summed E-state index contributed by atoms with van der Waals surface area (Å²) < 4.78 is 0. The number of nitro groups is 1. The Morgan fingerprint density at radius 3 is 2.87 bits per heavy atom. The van der Waals surface area contributed by atoms with Gasteiger partial charge in [-0.2, -0.15) is 0 Å². The molecule has 0 fully saturated rings. The Kier molecular flexibility index (Phi) is 2.37. The lowest BCUT2D eigenvalue weighted by molar-refractivity contribution is -0.384. The number of oxime groups is 1. The monoisotopic (exact) mass is 206 g/mol. The number of nitrogens with zero attached hydrogens (tertiary/aromatic N) is 2. The van der Waals surface area contributed by atoms with Crippen molar-refractivity contribution in [3.8, 4) is 0 Å². The maximum atomic E-state index is 10.6. The molecule has 0 aromatic heterocycles. The van der Waals surface area contributed by atoms with Gasteiger partial charge in [-0.3, -0.25) is 10.1 Å². The van der Waals surface area contributed by atoms with Gasteiger partial charge in [0.2, 0.25) is 0 Å². The molecule has 5 nitrogen and oxygen atoms in total. The van der Waals surface area contributed by atoms with Crippen LogP contribution in [0, 0.1) is 10.1 Å². The van der Waals surface area contributed by atoms with Crippen molar-refractivity contribution in [2.24, 2.45) is 5.16 Å². The SMILES string of the molecule is O=[N+]([O-])c1ccc2c(c1)/C(=N/O)CCC2. The Hall–Kier alpha value is -1.91. The van der Waals surface area contributed by atoms with Gasteiger partial charge in [-0.05, 0) is 24.8 Å². The highest BCUT2D eigenvalue weighted by Gasteiger charge is 2.19. The van der Waals surface area contributed by atoms with Crippen LogP contribution in [-0.2, 0) is 6.42 Å². The average molecular weight is 206 g/mol. The van der Waals surface area contributed by atoms with E-state index in [1.807, 2.05) is 0 Å². The lowest BCUT2D eigenvalue weighted by Crippen LogP contribution is -2.12. The molecule has 0 saturated carbocycles. The van der Waals surface area contributed by atoms with E-state index in [1.54, 1.807) is 6.07 Å². The number of benzene rings is 1. The molecule has 1 N–H and O–H groups in total. The quantitative estimate of drug-likeness (QED) is 0.434. The van der Waals surface area contributed by atoms with Crippen LogP contribution < -0.4 is 0 Å². The molecular formula is C10H10N2O3. The van der Waals surface area contributed by atoms with Gasteiger partial charge < -0.3 is 5.21 Å². The molecule has 0 heterocycles. The van der Waals surface area contributed by atoms with Gasteiger partial charge in [0.1, 0.15) is 0 Å². The molecule has 1 aliphatic carbocycles. The van der Waals surface area contributed by atoms with E-state index >= 15 is 0 Å². The summed E-state index contributed by atoms with van der Waals surface area (Å²) in [6.45, 7) is 0. The number of fused-ring (bicyclic) bond motifs is 1. The normalized spacial score (nSPS) is 17.5. The number of non-ortho nitro benzene ring substituents is 1. The van der Waals surface area contributed by atoms with E-state index in [2.05, 4.69) is 5.16 Å². The summed E-state index contributed by atoms with van der Waals surface area (Å²) >= 11 is 0. The van der Waals surface area contributed by atoms with E-state index in [4.69, 9.17) is 5.21 Å². The van der Waals surface area contributed by atoms with E-state index in [-0.39, 0.29) is 5.69 Å². The zero-order valence-electron chi connectivity index (χ0n) is 8.01. The third-order valence-corrected chi connectivity index (χ3v) is 2.60. The minimum absolute atomic E-state index is 0.0387. The first-order valence-electron chi connectivity index (χ1n) is 4.71. The first-order valence-corrected chi connectivity index (χ1v) is 4.71. The minimum atomic E-state index is -0.441. The molecule has 1 aromatic carbocycles. The second kappa shape index (κ2) is 3.68. The highest BCUT2D eigenvalue weighted by Crippen LogP contribution is 2.25. The Labute approximate surface area is 86.2 Å². The zero-order chi connectivity index (χ0) is 10.8. The summed E-state index contributed by atoms with van der Waals surface area (Å²) in [6, 6.07) is 4.69. The predicted octanol–water partition coefficient (Wildman–Crippen LogP) is 2.11. The third-order valence-electron chi connectivity index (χ3n) is 2.60. The molecule has 0 bridgehead atoms. The van der Waals surface area contributed by atoms with Crippen molar-refractivity contribution in [3.63, 3.8) is 0 Å². The fourth-order valence-electron chi connectivity index (χ4n) is 1.85.